The van der Waals surface area contributed by atoms with Crippen molar-refractivity contribution in [2.45, 2.75) is 19.9 Å². The van der Waals surface area contributed by atoms with Crippen LogP contribution in [0.5, 0.6) is 5.75 Å². The standard InChI is InChI=1S/C20H21FN2O3/c1-12-8-16(12)20(25)23-18-7-6-14(21)10-17(18)19(24)22-11-13-4-3-5-15(9-13)26-2/h3-7,9-10,12,16H,8,11H2,1-2H3,(H,22,24)(H,23,25)/t12-,16+/m1/s1. The van der Waals surface area contributed by atoms with Gasteiger partial charge in [-0.15, -0.1) is 0 Å². The quantitative estimate of drug-likeness (QED) is 0.834. The predicted octanol–water partition coefficient (Wildman–Crippen LogP) is 3.36. The lowest BCUT2D eigenvalue weighted by Gasteiger charge is -2.12. The zero-order chi connectivity index (χ0) is 18.7. The Bertz CT molecular complexity index is 838. The number of hydrogen-bond acceptors (Lipinski definition) is 3. The zero-order valence-corrected chi connectivity index (χ0v) is 14.7. The van der Waals surface area contributed by atoms with Crippen LogP contribution >= 0.6 is 0 Å². The number of halogens is 1. The highest BCUT2D eigenvalue weighted by molar-refractivity contribution is 6.04. The molecule has 1 fully saturated rings. The topological polar surface area (TPSA) is 67.4 Å². The SMILES string of the molecule is COc1cccc(CNC(=O)c2cc(F)ccc2NC(=O)[C@H]2C[C@H]2C)c1. The van der Waals surface area contributed by atoms with E-state index in [0.717, 1.165) is 18.1 Å². The van der Waals surface area contributed by atoms with Crippen molar-refractivity contribution in [3.63, 3.8) is 0 Å². The van der Waals surface area contributed by atoms with Crippen LogP contribution in [0.3, 0.4) is 0 Å². The first kappa shape index (κ1) is 17.9. The Morgan fingerprint density at radius 1 is 1.23 bits per heavy atom. The molecule has 0 aromatic heterocycles. The van der Waals surface area contributed by atoms with Crippen molar-refractivity contribution in [3.8, 4) is 5.75 Å². The number of anilines is 1. The second-order valence-electron chi connectivity index (χ2n) is 6.53. The van der Waals surface area contributed by atoms with Gasteiger partial charge in [-0.2, -0.15) is 0 Å². The van der Waals surface area contributed by atoms with Crippen LogP contribution in [0.4, 0.5) is 10.1 Å². The van der Waals surface area contributed by atoms with E-state index < -0.39 is 11.7 Å². The van der Waals surface area contributed by atoms with Gasteiger partial charge in [-0.05, 0) is 48.2 Å². The largest absolute Gasteiger partial charge is 0.497 e. The Morgan fingerprint density at radius 2 is 2.00 bits per heavy atom. The molecule has 1 aliphatic rings. The van der Waals surface area contributed by atoms with E-state index in [9.17, 15) is 14.0 Å². The highest BCUT2D eigenvalue weighted by atomic mass is 19.1. The number of rotatable bonds is 6. The van der Waals surface area contributed by atoms with E-state index in [1.54, 1.807) is 7.11 Å². The third kappa shape index (κ3) is 4.20. The molecule has 6 heteroatoms. The van der Waals surface area contributed by atoms with Crippen LogP contribution < -0.4 is 15.4 Å². The molecule has 0 heterocycles. The summed E-state index contributed by atoms with van der Waals surface area (Å²) in [6.07, 6.45) is 0.838. The van der Waals surface area contributed by atoms with E-state index in [1.165, 1.54) is 12.1 Å². The average Bonchev–Trinajstić information content (AvgIpc) is 3.38. The van der Waals surface area contributed by atoms with E-state index in [4.69, 9.17) is 4.74 Å². The Balaban J connectivity index is 1.71. The molecule has 2 aromatic carbocycles. The third-order valence-electron chi connectivity index (χ3n) is 4.52. The molecule has 1 aliphatic carbocycles. The van der Waals surface area contributed by atoms with Gasteiger partial charge in [0.05, 0.1) is 18.4 Å². The number of ether oxygens (including phenoxy) is 1. The van der Waals surface area contributed by atoms with Crippen LogP contribution in [0.25, 0.3) is 0 Å². The van der Waals surface area contributed by atoms with E-state index in [-0.39, 0.29) is 23.9 Å². The third-order valence-corrected chi connectivity index (χ3v) is 4.52. The summed E-state index contributed by atoms with van der Waals surface area (Å²) in [4.78, 5) is 24.7. The van der Waals surface area contributed by atoms with Gasteiger partial charge in [0.1, 0.15) is 11.6 Å². The van der Waals surface area contributed by atoms with Gasteiger partial charge in [0.25, 0.3) is 5.91 Å². The molecule has 0 radical (unpaired) electrons. The molecule has 2 atom stereocenters. The molecule has 0 bridgehead atoms. The van der Waals surface area contributed by atoms with Crippen molar-refractivity contribution in [3.05, 3.63) is 59.4 Å². The van der Waals surface area contributed by atoms with E-state index in [0.29, 0.717) is 17.4 Å². The maximum atomic E-state index is 13.6. The maximum absolute atomic E-state index is 13.6. The van der Waals surface area contributed by atoms with Crippen molar-refractivity contribution in [1.29, 1.82) is 0 Å². The highest BCUT2D eigenvalue weighted by Gasteiger charge is 2.39. The minimum Gasteiger partial charge on any atom is -0.497 e. The number of methoxy groups -OCH3 is 1. The molecule has 1 saturated carbocycles. The first-order valence-corrected chi connectivity index (χ1v) is 8.49. The smallest absolute Gasteiger partial charge is 0.253 e. The molecule has 5 nitrogen and oxygen atoms in total. The van der Waals surface area contributed by atoms with Crippen molar-refractivity contribution < 1.29 is 18.7 Å². The van der Waals surface area contributed by atoms with E-state index in [2.05, 4.69) is 10.6 Å². The number of benzene rings is 2. The van der Waals surface area contributed by atoms with Gasteiger partial charge < -0.3 is 15.4 Å². The molecular formula is C20H21FN2O3. The van der Waals surface area contributed by atoms with Crippen molar-refractivity contribution >= 4 is 17.5 Å². The van der Waals surface area contributed by atoms with Gasteiger partial charge in [-0.1, -0.05) is 19.1 Å². The van der Waals surface area contributed by atoms with Crippen molar-refractivity contribution in [2.24, 2.45) is 11.8 Å². The molecule has 2 N–H and O–H groups in total. The maximum Gasteiger partial charge on any atom is 0.253 e. The molecule has 136 valence electrons. The van der Waals surface area contributed by atoms with Crippen LogP contribution in [-0.4, -0.2) is 18.9 Å². The minimum absolute atomic E-state index is 0.0345. The van der Waals surface area contributed by atoms with Gasteiger partial charge in [0.2, 0.25) is 5.91 Å². The molecule has 2 aromatic rings. The molecule has 26 heavy (non-hydrogen) atoms. The summed E-state index contributed by atoms with van der Waals surface area (Å²) in [5, 5.41) is 5.49. The second kappa shape index (κ2) is 7.56. The lowest BCUT2D eigenvalue weighted by Crippen LogP contribution is -2.25. The number of carbonyl (C=O) groups is 2. The van der Waals surface area contributed by atoms with Gasteiger partial charge in [0.15, 0.2) is 0 Å². The average molecular weight is 356 g/mol. The monoisotopic (exact) mass is 356 g/mol. The van der Waals surface area contributed by atoms with Crippen molar-refractivity contribution in [2.75, 3.05) is 12.4 Å². The molecule has 2 amide bonds. The zero-order valence-electron chi connectivity index (χ0n) is 14.7. The Labute approximate surface area is 151 Å². The molecular weight excluding hydrogens is 335 g/mol. The number of amides is 2. The molecule has 0 saturated heterocycles. The van der Waals surface area contributed by atoms with Crippen LogP contribution in [0, 0.1) is 17.7 Å². The number of carbonyl (C=O) groups excluding carboxylic acids is 2. The normalized spacial score (nSPS) is 18.1. The fourth-order valence-electron chi connectivity index (χ4n) is 2.79. The lowest BCUT2D eigenvalue weighted by atomic mass is 10.1. The Hall–Kier alpha value is -2.89. The van der Waals surface area contributed by atoms with Gasteiger partial charge in [-0.25, -0.2) is 4.39 Å². The highest BCUT2D eigenvalue weighted by Crippen LogP contribution is 2.38. The van der Waals surface area contributed by atoms with Crippen LogP contribution in [-0.2, 0) is 11.3 Å². The summed E-state index contributed by atoms with van der Waals surface area (Å²) in [5.74, 6) is -0.116. The Morgan fingerprint density at radius 3 is 2.69 bits per heavy atom. The van der Waals surface area contributed by atoms with E-state index >= 15 is 0 Å². The number of nitrogens with one attached hydrogen (secondary N) is 2. The summed E-state index contributed by atoms with van der Waals surface area (Å²) in [6, 6.07) is 11.1. The second-order valence-corrected chi connectivity index (χ2v) is 6.53. The fourth-order valence-corrected chi connectivity index (χ4v) is 2.79. The molecule has 3 rings (SSSR count). The molecule has 0 aliphatic heterocycles. The number of hydrogen-bond donors (Lipinski definition) is 2. The summed E-state index contributed by atoms with van der Waals surface area (Å²) in [5.41, 5.74) is 1.28. The fraction of sp³-hybridized carbons (Fsp3) is 0.300. The lowest BCUT2D eigenvalue weighted by molar-refractivity contribution is -0.117. The predicted molar refractivity (Wildman–Crippen MR) is 96.5 cm³/mol. The van der Waals surface area contributed by atoms with Gasteiger partial charge >= 0.3 is 0 Å². The van der Waals surface area contributed by atoms with E-state index in [1.807, 2.05) is 31.2 Å². The Kier molecular flexibility index (Phi) is 5.21. The first-order chi connectivity index (χ1) is 12.5. The molecule has 0 unspecified atom stereocenters. The van der Waals surface area contributed by atoms with Crippen LogP contribution in [0.15, 0.2) is 42.5 Å². The van der Waals surface area contributed by atoms with Gasteiger partial charge in [-0.3, -0.25) is 9.59 Å². The van der Waals surface area contributed by atoms with Crippen molar-refractivity contribution in [1.82, 2.24) is 5.32 Å². The van der Waals surface area contributed by atoms with Crippen LogP contribution in [0.1, 0.15) is 29.3 Å². The van der Waals surface area contributed by atoms with Crippen LogP contribution in [0.2, 0.25) is 0 Å². The first-order valence-electron chi connectivity index (χ1n) is 8.49. The summed E-state index contributed by atoms with van der Waals surface area (Å²) < 4.78 is 18.8. The minimum atomic E-state index is -0.533. The summed E-state index contributed by atoms with van der Waals surface area (Å²) >= 11 is 0. The summed E-state index contributed by atoms with van der Waals surface area (Å²) in [7, 11) is 1.57. The van der Waals surface area contributed by atoms with Gasteiger partial charge in [0, 0.05) is 12.5 Å². The molecule has 0 spiro atoms. The summed E-state index contributed by atoms with van der Waals surface area (Å²) in [6.45, 7) is 2.26.